The molecular formula is C23H21N3O2. The van der Waals surface area contributed by atoms with Crippen LogP contribution in [-0.2, 0) is 17.7 Å². The highest BCUT2D eigenvalue weighted by molar-refractivity contribution is 5.79. The fraction of sp³-hybridized carbons (Fsp3) is 0.348. The molecule has 0 radical (unpaired) electrons. The van der Waals surface area contributed by atoms with E-state index < -0.39 is 0 Å². The third-order valence-corrected chi connectivity index (χ3v) is 6.03. The normalized spacial score (nSPS) is 23.4. The van der Waals surface area contributed by atoms with Gasteiger partial charge in [0.15, 0.2) is 0 Å². The Morgan fingerprint density at radius 3 is 3.04 bits per heavy atom. The van der Waals surface area contributed by atoms with Crippen molar-refractivity contribution in [2.24, 2.45) is 11.3 Å². The van der Waals surface area contributed by atoms with E-state index in [2.05, 4.69) is 23.7 Å². The molecule has 2 atom stereocenters. The molecule has 0 spiro atoms. The summed E-state index contributed by atoms with van der Waals surface area (Å²) in [4.78, 5) is 22.2. The maximum absolute atomic E-state index is 13.1. The Labute approximate surface area is 163 Å². The van der Waals surface area contributed by atoms with E-state index in [4.69, 9.17) is 9.72 Å². The SMILES string of the molecule is CC12COCC1CCn1c(nc3cc(C#Cc4ccccn4)ccc3c1=O)C2. The molecule has 2 aromatic heterocycles. The topological polar surface area (TPSA) is 57.0 Å². The molecule has 0 saturated carbocycles. The second-order valence-corrected chi connectivity index (χ2v) is 8.01. The standard InChI is InChI=1S/C23H21N3O2/c1-23-13-21-25-20-12-16(5-7-18-4-2-3-10-24-18)6-8-19(20)22(27)26(21)11-9-17(23)14-28-15-23/h2-4,6,8,10,12,17H,9,11,13-15H2,1H3. The molecule has 1 aromatic carbocycles. The van der Waals surface area contributed by atoms with Gasteiger partial charge < -0.3 is 4.74 Å². The molecule has 2 aliphatic rings. The highest BCUT2D eigenvalue weighted by Crippen LogP contribution is 2.41. The maximum Gasteiger partial charge on any atom is 0.261 e. The van der Waals surface area contributed by atoms with Crippen LogP contribution in [0.2, 0.25) is 0 Å². The summed E-state index contributed by atoms with van der Waals surface area (Å²) in [7, 11) is 0. The zero-order valence-corrected chi connectivity index (χ0v) is 15.8. The summed E-state index contributed by atoms with van der Waals surface area (Å²) < 4.78 is 7.60. The smallest absolute Gasteiger partial charge is 0.261 e. The lowest BCUT2D eigenvalue weighted by atomic mass is 9.76. The average Bonchev–Trinajstić information content (AvgIpc) is 3.00. The molecule has 4 heterocycles. The van der Waals surface area contributed by atoms with E-state index in [0.717, 1.165) is 43.1 Å². The predicted octanol–water partition coefficient (Wildman–Crippen LogP) is 2.79. The van der Waals surface area contributed by atoms with Crippen molar-refractivity contribution in [2.75, 3.05) is 13.2 Å². The van der Waals surface area contributed by atoms with Gasteiger partial charge in [-0.1, -0.05) is 18.9 Å². The van der Waals surface area contributed by atoms with Crippen molar-refractivity contribution >= 4 is 10.9 Å². The first-order chi connectivity index (χ1) is 13.6. The molecule has 0 bridgehead atoms. The van der Waals surface area contributed by atoms with Gasteiger partial charge in [-0.2, -0.15) is 0 Å². The summed E-state index contributed by atoms with van der Waals surface area (Å²) in [6.45, 7) is 4.49. The van der Waals surface area contributed by atoms with Gasteiger partial charge in [0.2, 0.25) is 0 Å². The lowest BCUT2D eigenvalue weighted by Gasteiger charge is -2.26. The third-order valence-electron chi connectivity index (χ3n) is 6.03. The van der Waals surface area contributed by atoms with Crippen LogP contribution in [0.4, 0.5) is 0 Å². The van der Waals surface area contributed by atoms with Crippen LogP contribution in [0.25, 0.3) is 10.9 Å². The van der Waals surface area contributed by atoms with Gasteiger partial charge in [0.1, 0.15) is 11.5 Å². The highest BCUT2D eigenvalue weighted by atomic mass is 16.5. The third kappa shape index (κ3) is 2.90. The summed E-state index contributed by atoms with van der Waals surface area (Å²) in [5.41, 5.74) is 2.37. The summed E-state index contributed by atoms with van der Waals surface area (Å²) in [5.74, 6) is 7.53. The molecule has 0 N–H and O–H groups in total. The molecule has 2 unspecified atom stereocenters. The van der Waals surface area contributed by atoms with Crippen molar-refractivity contribution < 1.29 is 4.74 Å². The van der Waals surface area contributed by atoms with E-state index in [1.54, 1.807) is 6.20 Å². The summed E-state index contributed by atoms with van der Waals surface area (Å²) in [6, 6.07) is 11.3. The number of aromatic nitrogens is 3. The van der Waals surface area contributed by atoms with Gasteiger partial charge in [0.05, 0.1) is 24.1 Å². The van der Waals surface area contributed by atoms with Crippen LogP contribution in [0.15, 0.2) is 47.4 Å². The molecule has 1 fully saturated rings. The van der Waals surface area contributed by atoms with E-state index in [9.17, 15) is 4.79 Å². The van der Waals surface area contributed by atoms with Gasteiger partial charge >= 0.3 is 0 Å². The Kier molecular flexibility index (Phi) is 4.03. The zero-order valence-electron chi connectivity index (χ0n) is 15.8. The van der Waals surface area contributed by atoms with E-state index in [1.165, 1.54) is 0 Å². The Morgan fingerprint density at radius 1 is 1.25 bits per heavy atom. The molecular weight excluding hydrogens is 350 g/mol. The minimum absolute atomic E-state index is 0.0497. The Balaban J connectivity index is 1.58. The lowest BCUT2D eigenvalue weighted by molar-refractivity contribution is 0.158. The Bertz CT molecular complexity index is 1170. The number of rotatable bonds is 0. The van der Waals surface area contributed by atoms with Crippen molar-refractivity contribution in [3.05, 3.63) is 70.0 Å². The van der Waals surface area contributed by atoms with E-state index in [1.807, 2.05) is 41.0 Å². The van der Waals surface area contributed by atoms with Crippen LogP contribution < -0.4 is 5.56 Å². The van der Waals surface area contributed by atoms with Gasteiger partial charge in [-0.25, -0.2) is 9.97 Å². The molecule has 140 valence electrons. The number of fused-ring (bicyclic) bond motifs is 3. The first kappa shape index (κ1) is 17.2. The summed E-state index contributed by atoms with van der Waals surface area (Å²) in [5, 5.41) is 0.653. The largest absolute Gasteiger partial charge is 0.381 e. The molecule has 2 aliphatic heterocycles. The minimum Gasteiger partial charge on any atom is -0.381 e. The molecule has 0 aliphatic carbocycles. The number of hydrogen-bond donors (Lipinski definition) is 0. The molecule has 1 saturated heterocycles. The molecule has 28 heavy (non-hydrogen) atoms. The van der Waals surface area contributed by atoms with Crippen LogP contribution in [0, 0.1) is 23.2 Å². The quantitative estimate of drug-likeness (QED) is 0.570. The van der Waals surface area contributed by atoms with Crippen molar-refractivity contribution in [1.29, 1.82) is 0 Å². The first-order valence-electron chi connectivity index (χ1n) is 9.67. The van der Waals surface area contributed by atoms with Crippen molar-refractivity contribution in [2.45, 2.75) is 26.3 Å². The van der Waals surface area contributed by atoms with Gasteiger partial charge in [-0.05, 0) is 48.6 Å². The van der Waals surface area contributed by atoms with Gasteiger partial charge in [-0.15, -0.1) is 0 Å². The fourth-order valence-corrected chi connectivity index (χ4v) is 4.31. The van der Waals surface area contributed by atoms with Gasteiger partial charge in [0.25, 0.3) is 5.56 Å². The predicted molar refractivity (Wildman–Crippen MR) is 107 cm³/mol. The second kappa shape index (κ2) is 6.57. The van der Waals surface area contributed by atoms with Crippen LogP contribution >= 0.6 is 0 Å². The van der Waals surface area contributed by atoms with Crippen molar-refractivity contribution in [3.63, 3.8) is 0 Å². The number of benzene rings is 1. The summed E-state index contributed by atoms with van der Waals surface area (Å²) >= 11 is 0. The molecule has 0 amide bonds. The minimum atomic E-state index is 0.0497. The lowest BCUT2D eigenvalue weighted by Crippen LogP contribution is -2.29. The van der Waals surface area contributed by atoms with E-state index in [0.29, 0.717) is 23.4 Å². The summed E-state index contributed by atoms with van der Waals surface area (Å²) in [6.07, 6.45) is 3.46. The maximum atomic E-state index is 13.1. The number of nitrogens with zero attached hydrogens (tertiary/aromatic N) is 3. The van der Waals surface area contributed by atoms with Crippen molar-refractivity contribution in [1.82, 2.24) is 14.5 Å². The second-order valence-electron chi connectivity index (χ2n) is 8.01. The van der Waals surface area contributed by atoms with Crippen LogP contribution in [0.1, 0.15) is 30.4 Å². The zero-order chi connectivity index (χ0) is 19.1. The Morgan fingerprint density at radius 2 is 2.18 bits per heavy atom. The number of pyridine rings is 1. The average molecular weight is 371 g/mol. The number of hydrogen-bond acceptors (Lipinski definition) is 4. The first-order valence-corrected chi connectivity index (χ1v) is 9.67. The Hall–Kier alpha value is -2.97. The van der Waals surface area contributed by atoms with Crippen molar-refractivity contribution in [3.8, 4) is 11.8 Å². The van der Waals surface area contributed by atoms with Crippen LogP contribution in [0.5, 0.6) is 0 Å². The van der Waals surface area contributed by atoms with Gasteiger partial charge in [0, 0.05) is 30.1 Å². The molecule has 5 heteroatoms. The highest BCUT2D eigenvalue weighted by Gasteiger charge is 2.42. The molecule has 3 aromatic rings. The fourth-order valence-electron chi connectivity index (χ4n) is 4.31. The number of ether oxygens (including phenoxy) is 1. The van der Waals surface area contributed by atoms with E-state index in [-0.39, 0.29) is 11.0 Å². The van der Waals surface area contributed by atoms with Gasteiger partial charge in [-0.3, -0.25) is 9.36 Å². The van der Waals surface area contributed by atoms with E-state index >= 15 is 0 Å². The molecule has 5 rings (SSSR count). The molecule has 5 nitrogen and oxygen atoms in total. The van der Waals surface area contributed by atoms with Crippen LogP contribution in [0.3, 0.4) is 0 Å². The van der Waals surface area contributed by atoms with Crippen LogP contribution in [-0.4, -0.2) is 27.7 Å². The monoisotopic (exact) mass is 371 g/mol.